The van der Waals surface area contributed by atoms with Gasteiger partial charge in [-0.25, -0.2) is 0 Å². The van der Waals surface area contributed by atoms with E-state index in [0.29, 0.717) is 30.8 Å². The normalized spacial score (nSPS) is 18.8. The van der Waals surface area contributed by atoms with Crippen LogP contribution in [-0.2, 0) is 40.1 Å². The summed E-state index contributed by atoms with van der Waals surface area (Å²) in [7, 11) is 1.63. The number of aliphatic hydroxyl groups excluding tert-OH is 1. The minimum Gasteiger partial charge on any atom is -0.480 e. The van der Waals surface area contributed by atoms with E-state index in [1.807, 2.05) is 0 Å². The summed E-state index contributed by atoms with van der Waals surface area (Å²) < 4.78 is 0. The van der Waals surface area contributed by atoms with E-state index in [1.54, 1.807) is 50.7 Å². The molecule has 5 amide bonds. The molecule has 0 bridgehead atoms. The molecule has 0 spiro atoms. The van der Waals surface area contributed by atoms with Crippen molar-refractivity contribution in [3.8, 4) is 0 Å². The summed E-state index contributed by atoms with van der Waals surface area (Å²) in [6, 6.07) is 4.40. The number of aliphatic imine (C=N–C) groups is 1. The fourth-order valence-electron chi connectivity index (χ4n) is 7.91. The molecule has 0 aromatic heterocycles. The van der Waals surface area contributed by atoms with Crippen LogP contribution >= 0.6 is 0 Å². The van der Waals surface area contributed by atoms with Crippen LogP contribution in [-0.4, -0.2) is 257 Å². The summed E-state index contributed by atoms with van der Waals surface area (Å²) in [6.07, 6.45) is 0.717. The maximum Gasteiger partial charge on any atom is 0.475 e. The molecule has 4 atom stereocenters. The predicted octanol–water partition coefficient (Wildman–Crippen LogP) is -4.70. The molecule has 26 nitrogen and oxygen atoms in total. The number of likely N-dealkylation sites (tertiary alicyclic amines) is 1. The lowest BCUT2D eigenvalue weighted by Crippen LogP contribution is -2.52. The summed E-state index contributed by atoms with van der Waals surface area (Å²) in [5.41, 5.74) is 6.88. The van der Waals surface area contributed by atoms with E-state index >= 15 is 0 Å². The Hall–Kier alpha value is -5.97. The number of aliphatic carboxylic acids is 3. The van der Waals surface area contributed by atoms with Gasteiger partial charge in [0.25, 0.3) is 5.91 Å². The van der Waals surface area contributed by atoms with Gasteiger partial charge in [-0.05, 0) is 56.7 Å². The summed E-state index contributed by atoms with van der Waals surface area (Å²) in [4.78, 5) is 114. The highest BCUT2D eigenvalue weighted by Crippen LogP contribution is 2.20. The number of carbonyl (C=O) groups is 8. The first-order chi connectivity index (χ1) is 33.6. The lowest BCUT2D eigenvalue weighted by molar-refractivity contribution is -0.140. The maximum absolute atomic E-state index is 13.6. The van der Waals surface area contributed by atoms with Gasteiger partial charge >= 0.3 is 25.0 Å². The maximum atomic E-state index is 13.6. The van der Waals surface area contributed by atoms with Gasteiger partial charge in [-0.15, -0.1) is 0 Å². The highest BCUT2D eigenvalue weighted by Gasteiger charge is 2.42. The first kappa shape index (κ1) is 59.3. The third kappa shape index (κ3) is 22.8. The monoisotopic (exact) mass is 1000 g/mol. The van der Waals surface area contributed by atoms with Crippen LogP contribution in [0, 0.1) is 0 Å². The minimum absolute atomic E-state index is 0.00367. The smallest absolute Gasteiger partial charge is 0.475 e. The van der Waals surface area contributed by atoms with E-state index in [-0.39, 0.29) is 135 Å². The largest absolute Gasteiger partial charge is 0.480 e. The number of nitrogens with zero attached hydrogens (tertiary/aromatic N) is 7. The second kappa shape index (κ2) is 30.7. The van der Waals surface area contributed by atoms with Crippen molar-refractivity contribution in [3.63, 3.8) is 0 Å². The number of rotatable bonds is 25. The van der Waals surface area contributed by atoms with Crippen molar-refractivity contribution in [1.82, 2.24) is 50.7 Å². The predicted molar refractivity (Wildman–Crippen MR) is 258 cm³/mol. The number of nitrogens with one attached hydrogen (secondary N) is 4. The van der Waals surface area contributed by atoms with Gasteiger partial charge in [-0.2, -0.15) is 0 Å². The van der Waals surface area contributed by atoms with Crippen LogP contribution in [0.2, 0.25) is 0 Å². The van der Waals surface area contributed by atoms with Gasteiger partial charge < -0.3 is 67.3 Å². The standard InChI is InChI=1S/C44H73BN12O14/c1-30(43(69)57-25-33(58)23-35(57)45(70)71)50-41(67)32-11-9-31(10-12-32)24-49-36(59)8-4-5-13-47-42(68)34(7-6-14-48-44(46)52(2)3)51-37(60)26-53-15-17-54(27-38(61)62)19-21-56(29-40(65)66)22-20-55(18-16-53)28-39(63)64/h9-12,30,33-35,58,70-71H,4-8,13-29H2,1-3H3,(H2,46,48)(H,47,68)(H,49,59)(H,50,67)(H,51,60)(H,61,62)(H,63,64)(H,65,66)/t30-,33+,34+,35+/m1/s1. The molecule has 12 N–H and O–H groups in total. The molecule has 396 valence electrons. The van der Waals surface area contributed by atoms with Gasteiger partial charge in [0.15, 0.2) is 5.96 Å². The van der Waals surface area contributed by atoms with Crippen molar-refractivity contribution >= 4 is 60.5 Å². The highest BCUT2D eigenvalue weighted by atomic mass is 16.4. The molecule has 2 saturated heterocycles. The Kier molecular flexibility index (Phi) is 25.7. The van der Waals surface area contributed by atoms with Crippen LogP contribution in [0.3, 0.4) is 0 Å². The van der Waals surface area contributed by atoms with Crippen molar-refractivity contribution in [3.05, 3.63) is 35.4 Å². The lowest BCUT2D eigenvalue weighted by Gasteiger charge is -2.33. The first-order valence-electron chi connectivity index (χ1n) is 23.7. The molecule has 71 heavy (non-hydrogen) atoms. The number of carboxylic acid groups (broad SMARTS) is 3. The molecule has 0 aliphatic carbocycles. The number of carbonyl (C=O) groups excluding carboxylic acids is 5. The molecule has 1 aromatic rings. The third-order valence-electron chi connectivity index (χ3n) is 11.9. The van der Waals surface area contributed by atoms with Gasteiger partial charge in [0.2, 0.25) is 23.6 Å². The Labute approximate surface area is 413 Å². The summed E-state index contributed by atoms with van der Waals surface area (Å²) in [5.74, 6) is -6.22. The number of unbranched alkanes of at least 4 members (excludes halogenated alkanes) is 1. The molecular formula is C44H73BN12O14. The second-order valence-electron chi connectivity index (χ2n) is 18.0. The molecule has 2 aliphatic rings. The number of amides is 5. The number of hydrogen-bond donors (Lipinski definition) is 11. The SMILES string of the molecule is C[C@@H](NC(=O)c1ccc(CNC(=O)CCCCNC(=O)[C@H](CCCN=C(N)N(C)C)NC(=O)CN2CCN(CC(=O)O)CCN(CC(=O)O)CCN(CC(=O)O)CC2)cc1)C(=O)N1C[C@@H](O)C[C@H]1B(O)O. The number of aliphatic hydroxyl groups is 1. The summed E-state index contributed by atoms with van der Waals surface area (Å²) >= 11 is 0. The molecule has 1 aromatic carbocycles. The molecule has 0 saturated carbocycles. The number of carboxylic acids is 3. The molecule has 2 heterocycles. The van der Waals surface area contributed by atoms with E-state index in [1.165, 1.54) is 19.1 Å². The number of nitrogens with two attached hydrogens (primary N) is 1. The number of benzene rings is 1. The van der Waals surface area contributed by atoms with Crippen LogP contribution in [0.25, 0.3) is 0 Å². The third-order valence-corrected chi connectivity index (χ3v) is 11.9. The zero-order chi connectivity index (χ0) is 52.6. The van der Waals surface area contributed by atoms with Gasteiger partial charge in [-0.3, -0.25) is 62.9 Å². The molecular weight excluding hydrogens is 931 g/mol. The van der Waals surface area contributed by atoms with Crippen molar-refractivity contribution in [2.75, 3.05) is 112 Å². The van der Waals surface area contributed by atoms with Crippen molar-refractivity contribution in [2.24, 2.45) is 10.7 Å². The van der Waals surface area contributed by atoms with Crippen LogP contribution in [0.4, 0.5) is 0 Å². The fraction of sp³-hybridized carbons (Fsp3) is 0.659. The average molecular weight is 1000 g/mol. The Morgan fingerprint density at radius 1 is 0.746 bits per heavy atom. The fourth-order valence-corrected chi connectivity index (χ4v) is 7.91. The Balaban J connectivity index is 1.53. The number of hydrogen-bond acceptors (Lipinski definition) is 16. The van der Waals surface area contributed by atoms with Gasteiger partial charge in [-0.1, -0.05) is 12.1 Å². The van der Waals surface area contributed by atoms with E-state index in [4.69, 9.17) is 5.73 Å². The van der Waals surface area contributed by atoms with E-state index in [9.17, 15) is 68.8 Å². The first-order valence-corrected chi connectivity index (χ1v) is 23.7. The number of guanidine groups is 1. The van der Waals surface area contributed by atoms with Crippen LogP contribution in [0.5, 0.6) is 0 Å². The second-order valence-corrected chi connectivity index (χ2v) is 18.0. The molecule has 3 rings (SSSR count). The molecule has 27 heteroatoms. The molecule has 0 unspecified atom stereocenters. The van der Waals surface area contributed by atoms with Crippen LogP contribution in [0.15, 0.2) is 29.3 Å². The van der Waals surface area contributed by atoms with E-state index in [0.717, 1.165) is 4.90 Å². The van der Waals surface area contributed by atoms with Crippen molar-refractivity contribution in [2.45, 2.75) is 76.1 Å². The van der Waals surface area contributed by atoms with Gasteiger partial charge in [0, 0.05) is 105 Å². The number of β-amino-alcohol motifs (C(OH)–C–C–N with tert-alkyl or cyclic N) is 1. The van der Waals surface area contributed by atoms with E-state index in [2.05, 4.69) is 26.3 Å². The molecule has 0 radical (unpaired) electrons. The van der Waals surface area contributed by atoms with Gasteiger partial charge in [0.05, 0.1) is 38.2 Å². The van der Waals surface area contributed by atoms with Crippen LogP contribution < -0.4 is 27.0 Å². The van der Waals surface area contributed by atoms with E-state index < -0.39 is 72.8 Å². The average Bonchev–Trinajstić information content (AvgIpc) is 3.70. The Morgan fingerprint density at radius 3 is 1.76 bits per heavy atom. The molecule has 2 fully saturated rings. The van der Waals surface area contributed by atoms with Crippen LogP contribution in [0.1, 0.15) is 61.4 Å². The van der Waals surface area contributed by atoms with Gasteiger partial charge in [0.1, 0.15) is 12.1 Å². The van der Waals surface area contributed by atoms with Crippen molar-refractivity contribution in [1.29, 1.82) is 0 Å². The summed E-state index contributed by atoms with van der Waals surface area (Å²) in [6.45, 7) is 2.63. The summed E-state index contributed by atoms with van der Waals surface area (Å²) in [5, 5.41) is 68.7. The topological polar surface area (TPSA) is 364 Å². The Bertz CT molecular complexity index is 1930. The minimum atomic E-state index is -1.84. The molecule has 2 aliphatic heterocycles. The zero-order valence-electron chi connectivity index (χ0n) is 40.9. The highest BCUT2D eigenvalue weighted by molar-refractivity contribution is 6.43. The lowest BCUT2D eigenvalue weighted by atomic mass is 9.77. The van der Waals surface area contributed by atoms with Crippen molar-refractivity contribution < 1.29 is 68.8 Å². The quantitative estimate of drug-likeness (QED) is 0.0190. The Morgan fingerprint density at radius 2 is 1.27 bits per heavy atom. The zero-order valence-corrected chi connectivity index (χ0v) is 40.9.